The zero-order chi connectivity index (χ0) is 14.5. The molecule has 0 aromatic heterocycles. The van der Waals surface area contributed by atoms with Gasteiger partial charge in [-0.1, -0.05) is 0 Å². The van der Waals surface area contributed by atoms with Crippen LogP contribution in [-0.2, 0) is 4.79 Å². The third-order valence-electron chi connectivity index (χ3n) is 3.77. The lowest BCUT2D eigenvalue weighted by Crippen LogP contribution is -2.31. The van der Waals surface area contributed by atoms with Crippen LogP contribution in [-0.4, -0.2) is 36.9 Å². The minimum absolute atomic E-state index is 0.0337. The van der Waals surface area contributed by atoms with Crippen molar-refractivity contribution < 1.29 is 9.59 Å². The lowest BCUT2D eigenvalue weighted by molar-refractivity contribution is -0.117. The molecule has 1 aliphatic rings. The van der Waals surface area contributed by atoms with Gasteiger partial charge in [-0.15, -0.1) is 0 Å². The Bertz CT molecular complexity index is 476. The van der Waals surface area contributed by atoms with Crippen LogP contribution >= 0.6 is 0 Å². The highest BCUT2D eigenvalue weighted by Gasteiger charge is 2.19. The molecule has 108 valence electrons. The van der Waals surface area contributed by atoms with Gasteiger partial charge < -0.3 is 16.0 Å². The lowest BCUT2D eigenvalue weighted by Gasteiger charge is -2.28. The van der Waals surface area contributed by atoms with E-state index in [2.05, 4.69) is 17.3 Å². The maximum absolute atomic E-state index is 12.0. The molecule has 1 aliphatic heterocycles. The standard InChI is InChI=1S/C15H21N3O2/c1-18-8-6-11(7-9-18)10-14(19)17-13-4-2-12(3-5-13)15(16)20/h2-5,11H,6-10H2,1H3,(H2,16,20)(H,17,19). The van der Waals surface area contributed by atoms with Crippen LogP contribution in [0.3, 0.4) is 0 Å². The average Bonchev–Trinajstić information content (AvgIpc) is 2.42. The number of primary amides is 1. The van der Waals surface area contributed by atoms with E-state index < -0.39 is 5.91 Å². The molecule has 0 spiro atoms. The fourth-order valence-corrected chi connectivity index (χ4v) is 2.46. The summed E-state index contributed by atoms with van der Waals surface area (Å²) in [6.07, 6.45) is 2.71. The van der Waals surface area contributed by atoms with Gasteiger partial charge in [0.25, 0.3) is 0 Å². The molecule has 1 saturated heterocycles. The molecule has 0 aliphatic carbocycles. The molecule has 1 aromatic rings. The minimum Gasteiger partial charge on any atom is -0.366 e. The van der Waals surface area contributed by atoms with Gasteiger partial charge in [0, 0.05) is 17.7 Å². The molecule has 0 saturated carbocycles. The number of likely N-dealkylation sites (tertiary alicyclic amines) is 1. The molecule has 20 heavy (non-hydrogen) atoms. The number of hydrogen-bond acceptors (Lipinski definition) is 3. The Morgan fingerprint density at radius 3 is 2.40 bits per heavy atom. The van der Waals surface area contributed by atoms with Gasteiger partial charge in [-0.25, -0.2) is 0 Å². The molecule has 0 unspecified atom stereocenters. The van der Waals surface area contributed by atoms with E-state index in [1.165, 1.54) is 0 Å². The maximum Gasteiger partial charge on any atom is 0.248 e. The number of carbonyl (C=O) groups excluding carboxylic acids is 2. The van der Waals surface area contributed by atoms with E-state index in [0.29, 0.717) is 23.6 Å². The molecule has 3 N–H and O–H groups in total. The largest absolute Gasteiger partial charge is 0.366 e. The quantitative estimate of drug-likeness (QED) is 0.873. The Morgan fingerprint density at radius 2 is 1.85 bits per heavy atom. The SMILES string of the molecule is CN1CCC(CC(=O)Nc2ccc(C(N)=O)cc2)CC1. The van der Waals surface area contributed by atoms with Crippen LogP contribution in [0.25, 0.3) is 0 Å². The summed E-state index contributed by atoms with van der Waals surface area (Å²) in [6.45, 7) is 2.12. The Labute approximate surface area is 119 Å². The molecular weight excluding hydrogens is 254 g/mol. The number of nitrogens with two attached hydrogens (primary N) is 1. The number of nitrogens with zero attached hydrogens (tertiary/aromatic N) is 1. The van der Waals surface area contributed by atoms with E-state index >= 15 is 0 Å². The third kappa shape index (κ3) is 4.06. The number of piperidine rings is 1. The molecule has 1 heterocycles. The van der Waals surface area contributed by atoms with E-state index in [9.17, 15) is 9.59 Å². The molecule has 0 atom stereocenters. The van der Waals surface area contributed by atoms with Crippen LogP contribution in [0.1, 0.15) is 29.6 Å². The normalized spacial score (nSPS) is 16.9. The third-order valence-corrected chi connectivity index (χ3v) is 3.77. The summed E-state index contributed by atoms with van der Waals surface area (Å²) in [5, 5.41) is 2.86. The maximum atomic E-state index is 12.0. The predicted octanol–water partition coefficient (Wildman–Crippen LogP) is 1.46. The van der Waals surface area contributed by atoms with Crippen molar-refractivity contribution in [2.45, 2.75) is 19.3 Å². The molecule has 0 radical (unpaired) electrons. The smallest absolute Gasteiger partial charge is 0.248 e. The van der Waals surface area contributed by atoms with Gasteiger partial charge in [0.1, 0.15) is 0 Å². The van der Waals surface area contributed by atoms with E-state index in [4.69, 9.17) is 5.73 Å². The predicted molar refractivity (Wildman–Crippen MR) is 78.4 cm³/mol. The van der Waals surface area contributed by atoms with Gasteiger partial charge in [0.2, 0.25) is 11.8 Å². The number of anilines is 1. The number of rotatable bonds is 4. The summed E-state index contributed by atoms with van der Waals surface area (Å²) >= 11 is 0. The van der Waals surface area contributed by atoms with Gasteiger partial charge in [0.15, 0.2) is 0 Å². The Kier molecular flexibility index (Phi) is 4.74. The van der Waals surface area contributed by atoms with E-state index in [-0.39, 0.29) is 5.91 Å². The summed E-state index contributed by atoms with van der Waals surface area (Å²) < 4.78 is 0. The summed E-state index contributed by atoms with van der Waals surface area (Å²) in [4.78, 5) is 25.2. The molecule has 1 aromatic carbocycles. The molecule has 1 fully saturated rings. The van der Waals surface area contributed by atoms with Crippen molar-refractivity contribution in [1.29, 1.82) is 0 Å². The van der Waals surface area contributed by atoms with Crippen LogP contribution in [0, 0.1) is 5.92 Å². The van der Waals surface area contributed by atoms with Crippen LogP contribution < -0.4 is 11.1 Å². The van der Waals surface area contributed by atoms with Gasteiger partial charge >= 0.3 is 0 Å². The Balaban J connectivity index is 1.83. The van der Waals surface area contributed by atoms with Gasteiger partial charge in [-0.05, 0) is 63.2 Å². The van der Waals surface area contributed by atoms with Gasteiger partial charge in [-0.2, -0.15) is 0 Å². The van der Waals surface area contributed by atoms with Crippen molar-refractivity contribution in [3.05, 3.63) is 29.8 Å². The topological polar surface area (TPSA) is 75.4 Å². The minimum atomic E-state index is -0.464. The second-order valence-electron chi connectivity index (χ2n) is 5.44. The zero-order valence-corrected chi connectivity index (χ0v) is 11.8. The van der Waals surface area contributed by atoms with E-state index in [1.807, 2.05) is 0 Å². The first-order valence-electron chi connectivity index (χ1n) is 6.93. The molecule has 2 amide bonds. The first-order chi connectivity index (χ1) is 9.54. The highest BCUT2D eigenvalue weighted by Crippen LogP contribution is 2.20. The van der Waals surface area contributed by atoms with Gasteiger partial charge in [-0.3, -0.25) is 9.59 Å². The van der Waals surface area contributed by atoms with Crippen molar-refractivity contribution in [3.8, 4) is 0 Å². The first kappa shape index (κ1) is 14.5. The summed E-state index contributed by atoms with van der Waals surface area (Å²) in [6, 6.07) is 6.64. The zero-order valence-electron chi connectivity index (χ0n) is 11.8. The van der Waals surface area contributed by atoms with Crippen molar-refractivity contribution in [2.24, 2.45) is 11.7 Å². The molecule has 0 bridgehead atoms. The number of benzene rings is 1. The summed E-state index contributed by atoms with van der Waals surface area (Å²) in [5.41, 5.74) is 6.31. The fraction of sp³-hybridized carbons (Fsp3) is 0.467. The van der Waals surface area contributed by atoms with E-state index in [1.54, 1.807) is 24.3 Å². The highest BCUT2D eigenvalue weighted by molar-refractivity contribution is 5.94. The molecule has 5 heteroatoms. The molecule has 5 nitrogen and oxygen atoms in total. The Morgan fingerprint density at radius 1 is 1.25 bits per heavy atom. The Hall–Kier alpha value is -1.88. The highest BCUT2D eigenvalue weighted by atomic mass is 16.2. The fourth-order valence-electron chi connectivity index (χ4n) is 2.46. The lowest BCUT2D eigenvalue weighted by atomic mass is 9.93. The van der Waals surface area contributed by atoms with Crippen molar-refractivity contribution in [3.63, 3.8) is 0 Å². The van der Waals surface area contributed by atoms with Crippen LogP contribution in [0.5, 0.6) is 0 Å². The first-order valence-corrected chi connectivity index (χ1v) is 6.93. The molecular formula is C15H21N3O2. The summed E-state index contributed by atoms with van der Waals surface area (Å²) in [5.74, 6) is 0.0386. The number of amides is 2. The number of hydrogen-bond donors (Lipinski definition) is 2. The average molecular weight is 275 g/mol. The molecule has 2 rings (SSSR count). The van der Waals surface area contributed by atoms with E-state index in [0.717, 1.165) is 25.9 Å². The van der Waals surface area contributed by atoms with Crippen molar-refractivity contribution >= 4 is 17.5 Å². The monoisotopic (exact) mass is 275 g/mol. The summed E-state index contributed by atoms with van der Waals surface area (Å²) in [7, 11) is 2.11. The van der Waals surface area contributed by atoms with Crippen LogP contribution in [0.15, 0.2) is 24.3 Å². The van der Waals surface area contributed by atoms with Gasteiger partial charge in [0.05, 0.1) is 0 Å². The van der Waals surface area contributed by atoms with Crippen LogP contribution in [0.2, 0.25) is 0 Å². The second-order valence-corrected chi connectivity index (χ2v) is 5.44. The number of carbonyl (C=O) groups is 2. The van der Waals surface area contributed by atoms with Crippen molar-refractivity contribution in [1.82, 2.24) is 4.90 Å². The van der Waals surface area contributed by atoms with Crippen LogP contribution in [0.4, 0.5) is 5.69 Å². The van der Waals surface area contributed by atoms with Crippen molar-refractivity contribution in [2.75, 3.05) is 25.5 Å². The second kappa shape index (κ2) is 6.52. The number of nitrogens with one attached hydrogen (secondary N) is 1.